The lowest BCUT2D eigenvalue weighted by molar-refractivity contribution is -0.130. The standard InChI is InChI=1S/C20H26FN7O2/c1-13-17(10-28(26-13)20(3,4)12-22)24-19-23-9-16(21)18(25-19)30-11-15-5-7-27(8-6-15)14(2)29/h9-10,15H,5-8,11H2,1-4H3,(H,23,24,25). The highest BCUT2D eigenvalue weighted by Crippen LogP contribution is 2.24. The highest BCUT2D eigenvalue weighted by atomic mass is 19.1. The minimum atomic E-state index is -0.805. The van der Waals surface area contributed by atoms with Crippen LogP contribution in [0.3, 0.4) is 0 Å². The molecule has 0 unspecified atom stereocenters. The van der Waals surface area contributed by atoms with Gasteiger partial charge in [0.05, 0.1) is 36.5 Å². The van der Waals surface area contributed by atoms with Crippen molar-refractivity contribution in [1.82, 2.24) is 24.6 Å². The van der Waals surface area contributed by atoms with E-state index in [-0.39, 0.29) is 23.7 Å². The normalized spacial score (nSPS) is 15.0. The van der Waals surface area contributed by atoms with E-state index in [9.17, 15) is 14.4 Å². The van der Waals surface area contributed by atoms with E-state index in [0.717, 1.165) is 19.0 Å². The second kappa shape index (κ2) is 8.65. The fourth-order valence-corrected chi connectivity index (χ4v) is 3.17. The number of aryl methyl sites for hydroxylation is 1. The number of likely N-dealkylation sites (tertiary alicyclic amines) is 1. The van der Waals surface area contributed by atoms with Gasteiger partial charge in [-0.2, -0.15) is 19.7 Å². The number of carbonyl (C=O) groups is 1. The maximum atomic E-state index is 14.1. The van der Waals surface area contributed by atoms with Gasteiger partial charge in [0.1, 0.15) is 5.54 Å². The Morgan fingerprint density at radius 3 is 2.77 bits per heavy atom. The fourth-order valence-electron chi connectivity index (χ4n) is 3.17. The largest absolute Gasteiger partial charge is 0.475 e. The highest BCUT2D eigenvalue weighted by molar-refractivity contribution is 5.73. The highest BCUT2D eigenvalue weighted by Gasteiger charge is 2.23. The first kappa shape index (κ1) is 21.5. The molecule has 0 saturated carbocycles. The van der Waals surface area contributed by atoms with Crippen LogP contribution in [-0.2, 0) is 10.3 Å². The summed E-state index contributed by atoms with van der Waals surface area (Å²) in [6.45, 7) is 8.56. The first-order valence-corrected chi connectivity index (χ1v) is 9.85. The number of halogens is 1. The van der Waals surface area contributed by atoms with Crippen LogP contribution < -0.4 is 10.1 Å². The van der Waals surface area contributed by atoms with E-state index in [0.29, 0.717) is 31.1 Å². The molecule has 160 valence electrons. The van der Waals surface area contributed by atoms with Crippen molar-refractivity contribution in [3.05, 3.63) is 23.9 Å². The monoisotopic (exact) mass is 415 g/mol. The summed E-state index contributed by atoms with van der Waals surface area (Å²) in [5.74, 6) is -0.275. The van der Waals surface area contributed by atoms with E-state index in [1.165, 1.54) is 0 Å². The molecule has 1 aliphatic rings. The summed E-state index contributed by atoms with van der Waals surface area (Å²) < 4.78 is 21.3. The van der Waals surface area contributed by atoms with Gasteiger partial charge in [-0.15, -0.1) is 0 Å². The second-order valence-corrected chi connectivity index (χ2v) is 7.98. The van der Waals surface area contributed by atoms with Gasteiger partial charge >= 0.3 is 0 Å². The molecule has 1 saturated heterocycles. The van der Waals surface area contributed by atoms with E-state index >= 15 is 0 Å². The predicted molar refractivity (Wildman–Crippen MR) is 108 cm³/mol. The predicted octanol–water partition coefficient (Wildman–Crippen LogP) is 2.76. The molecule has 1 N–H and O–H groups in total. The van der Waals surface area contributed by atoms with Crippen LogP contribution >= 0.6 is 0 Å². The Morgan fingerprint density at radius 2 is 2.13 bits per heavy atom. The van der Waals surface area contributed by atoms with Gasteiger partial charge < -0.3 is 15.0 Å². The van der Waals surface area contributed by atoms with E-state index < -0.39 is 11.4 Å². The van der Waals surface area contributed by atoms with Crippen molar-refractivity contribution in [2.45, 2.75) is 46.1 Å². The molecule has 0 spiro atoms. The molecule has 1 fully saturated rings. The molecule has 0 aliphatic carbocycles. The number of hydrogen-bond acceptors (Lipinski definition) is 7. The third-order valence-corrected chi connectivity index (χ3v) is 5.22. The fraction of sp³-hybridized carbons (Fsp3) is 0.550. The molecule has 2 aromatic heterocycles. The van der Waals surface area contributed by atoms with E-state index in [2.05, 4.69) is 26.5 Å². The smallest absolute Gasteiger partial charge is 0.255 e. The Labute approximate surface area is 174 Å². The number of piperidine rings is 1. The van der Waals surface area contributed by atoms with Crippen LogP contribution in [0.4, 0.5) is 16.0 Å². The van der Waals surface area contributed by atoms with Crippen LogP contribution in [0, 0.1) is 30.0 Å². The number of carbonyl (C=O) groups excluding carboxylic acids is 1. The molecule has 0 aromatic carbocycles. The van der Waals surface area contributed by atoms with Gasteiger partial charge in [0.2, 0.25) is 17.7 Å². The molecule has 30 heavy (non-hydrogen) atoms. The lowest BCUT2D eigenvalue weighted by Crippen LogP contribution is -2.38. The van der Waals surface area contributed by atoms with Crippen molar-refractivity contribution in [2.75, 3.05) is 25.0 Å². The third kappa shape index (κ3) is 4.84. The average Bonchev–Trinajstić information content (AvgIpc) is 3.09. The van der Waals surface area contributed by atoms with Crippen LogP contribution in [0.5, 0.6) is 5.88 Å². The quantitative estimate of drug-likeness (QED) is 0.772. The van der Waals surface area contributed by atoms with Gasteiger partial charge in [-0.25, -0.2) is 4.98 Å². The number of nitriles is 1. The molecule has 0 radical (unpaired) electrons. The van der Waals surface area contributed by atoms with Gasteiger partial charge in [0.15, 0.2) is 0 Å². The molecule has 3 heterocycles. The second-order valence-electron chi connectivity index (χ2n) is 7.98. The molecule has 0 atom stereocenters. The maximum absolute atomic E-state index is 14.1. The summed E-state index contributed by atoms with van der Waals surface area (Å²) in [5, 5.41) is 16.6. The zero-order valence-corrected chi connectivity index (χ0v) is 17.6. The van der Waals surface area contributed by atoms with Gasteiger partial charge in [-0.3, -0.25) is 9.48 Å². The molecule has 1 aliphatic heterocycles. The zero-order chi connectivity index (χ0) is 21.9. The van der Waals surface area contributed by atoms with Crippen molar-refractivity contribution in [1.29, 1.82) is 5.26 Å². The Balaban J connectivity index is 1.65. The van der Waals surface area contributed by atoms with Crippen molar-refractivity contribution < 1.29 is 13.9 Å². The number of ether oxygens (including phenoxy) is 1. The number of hydrogen-bond donors (Lipinski definition) is 1. The molecular weight excluding hydrogens is 389 g/mol. The number of amides is 1. The summed E-state index contributed by atoms with van der Waals surface area (Å²) in [4.78, 5) is 21.3. The maximum Gasteiger partial charge on any atom is 0.255 e. The molecule has 10 heteroatoms. The lowest BCUT2D eigenvalue weighted by Gasteiger charge is -2.31. The summed E-state index contributed by atoms with van der Waals surface area (Å²) in [6.07, 6.45) is 4.37. The first-order chi connectivity index (χ1) is 14.2. The molecule has 1 amide bonds. The average molecular weight is 415 g/mol. The van der Waals surface area contributed by atoms with Gasteiger partial charge in [0.25, 0.3) is 5.88 Å². The summed E-state index contributed by atoms with van der Waals surface area (Å²) in [5.41, 5.74) is 0.471. The van der Waals surface area contributed by atoms with Crippen molar-refractivity contribution in [2.24, 2.45) is 5.92 Å². The topological polar surface area (TPSA) is 109 Å². The van der Waals surface area contributed by atoms with Crippen LogP contribution in [0.25, 0.3) is 0 Å². The molecule has 0 bridgehead atoms. The van der Waals surface area contributed by atoms with Crippen LogP contribution in [0.1, 0.15) is 39.3 Å². The number of rotatable bonds is 6. The summed E-state index contributed by atoms with van der Waals surface area (Å²) >= 11 is 0. The number of anilines is 2. The molecule has 2 aromatic rings. The van der Waals surface area contributed by atoms with Gasteiger partial charge in [-0.1, -0.05) is 0 Å². The van der Waals surface area contributed by atoms with Gasteiger partial charge in [0, 0.05) is 20.0 Å². The first-order valence-electron chi connectivity index (χ1n) is 9.85. The third-order valence-electron chi connectivity index (χ3n) is 5.22. The van der Waals surface area contributed by atoms with Crippen LogP contribution in [0.2, 0.25) is 0 Å². The van der Waals surface area contributed by atoms with Gasteiger partial charge in [-0.05, 0) is 39.5 Å². The van der Waals surface area contributed by atoms with E-state index in [1.807, 2.05) is 0 Å². The Hall–Kier alpha value is -3.22. The van der Waals surface area contributed by atoms with Crippen LogP contribution in [0.15, 0.2) is 12.4 Å². The summed E-state index contributed by atoms with van der Waals surface area (Å²) in [7, 11) is 0. The van der Waals surface area contributed by atoms with Crippen LogP contribution in [-0.4, -0.2) is 50.3 Å². The molecular formula is C20H26FN7O2. The van der Waals surface area contributed by atoms with Crippen molar-refractivity contribution >= 4 is 17.5 Å². The SMILES string of the molecule is CC(=O)N1CCC(COc2nc(Nc3cn(C(C)(C)C#N)nc3C)ncc2F)CC1. The minimum absolute atomic E-state index is 0.0729. The Morgan fingerprint density at radius 1 is 1.43 bits per heavy atom. The minimum Gasteiger partial charge on any atom is -0.475 e. The van der Waals surface area contributed by atoms with Crippen molar-refractivity contribution in [3.8, 4) is 11.9 Å². The van der Waals surface area contributed by atoms with Crippen molar-refractivity contribution in [3.63, 3.8) is 0 Å². The Bertz CT molecular complexity index is 959. The molecule has 9 nitrogen and oxygen atoms in total. The number of nitrogens with one attached hydrogen (secondary N) is 1. The van der Waals surface area contributed by atoms with E-state index in [1.54, 1.807) is 43.5 Å². The molecule has 3 rings (SSSR count). The lowest BCUT2D eigenvalue weighted by atomic mass is 9.98. The summed E-state index contributed by atoms with van der Waals surface area (Å²) in [6, 6.07) is 2.19. The number of nitrogens with zero attached hydrogens (tertiary/aromatic N) is 6. The number of aromatic nitrogens is 4. The van der Waals surface area contributed by atoms with E-state index in [4.69, 9.17) is 4.74 Å². The Kier molecular flexibility index (Phi) is 6.20. The zero-order valence-electron chi connectivity index (χ0n) is 17.6.